The maximum Gasteiger partial charge on any atom is 0.306 e. The van der Waals surface area contributed by atoms with Crippen LogP contribution in [0.2, 0.25) is 0 Å². The van der Waals surface area contributed by atoms with E-state index in [9.17, 15) is 35.1 Å². The zero-order valence-electron chi connectivity index (χ0n) is 43.2. The summed E-state index contributed by atoms with van der Waals surface area (Å²) >= 11 is 0. The molecule has 0 aromatic heterocycles. The van der Waals surface area contributed by atoms with Crippen molar-refractivity contribution >= 4 is 11.9 Å². The molecule has 0 aromatic carbocycles. The lowest BCUT2D eigenvalue weighted by Gasteiger charge is -2.41. The summed E-state index contributed by atoms with van der Waals surface area (Å²) in [5.74, 6) is -1.23. The third kappa shape index (κ3) is 33.8. The number of aliphatic hydroxyl groups excluding tert-OH is 5. The van der Waals surface area contributed by atoms with Gasteiger partial charge in [-0.3, -0.25) is 9.59 Å². The topological polar surface area (TPSA) is 175 Å². The summed E-state index contributed by atoms with van der Waals surface area (Å²) < 4.78 is 17.5. The van der Waals surface area contributed by atoms with Crippen LogP contribution < -0.4 is 5.32 Å². The van der Waals surface area contributed by atoms with Crippen molar-refractivity contribution in [2.24, 2.45) is 0 Å². The third-order valence-electron chi connectivity index (χ3n) is 12.6. The summed E-state index contributed by atoms with van der Waals surface area (Å²) in [5, 5.41) is 56.6. The Morgan fingerprint density at radius 3 is 1.60 bits per heavy atom. The lowest BCUT2D eigenvalue weighted by molar-refractivity contribution is -0.305. The van der Waals surface area contributed by atoms with E-state index in [1.165, 1.54) is 83.5 Å². The van der Waals surface area contributed by atoms with Gasteiger partial charge in [-0.05, 0) is 83.5 Å². The minimum atomic E-state index is -1.62. The Morgan fingerprint density at radius 1 is 0.574 bits per heavy atom. The number of rotatable bonds is 45. The molecule has 0 aliphatic carbocycles. The molecule has 1 aliphatic heterocycles. The molecule has 0 bridgehead atoms. The average molecular weight is 960 g/mol. The van der Waals surface area contributed by atoms with Crippen LogP contribution in [-0.4, -0.2) is 99.6 Å². The molecule has 1 aliphatic rings. The Hall–Kier alpha value is -2.64. The number of unbranched alkanes of at least 4 members (excludes halogenated alkanes) is 23. The lowest BCUT2D eigenvalue weighted by atomic mass is 9.99. The highest BCUT2D eigenvalue weighted by Crippen LogP contribution is 2.26. The number of hydrogen-bond donors (Lipinski definition) is 6. The number of nitrogens with one attached hydrogen (secondary N) is 1. The maximum absolute atomic E-state index is 13.3. The van der Waals surface area contributed by atoms with Crippen molar-refractivity contribution in [1.29, 1.82) is 0 Å². The number of aliphatic hydroxyl groups is 5. The molecule has 8 atom stereocenters. The van der Waals surface area contributed by atoms with Gasteiger partial charge in [-0.1, -0.05) is 197 Å². The fourth-order valence-electron chi connectivity index (χ4n) is 8.17. The smallest absolute Gasteiger partial charge is 0.306 e. The summed E-state index contributed by atoms with van der Waals surface area (Å²) in [7, 11) is 0. The fourth-order valence-corrected chi connectivity index (χ4v) is 8.17. The molecule has 1 rings (SSSR count). The monoisotopic (exact) mass is 960 g/mol. The molecule has 0 saturated carbocycles. The minimum Gasteiger partial charge on any atom is -0.454 e. The van der Waals surface area contributed by atoms with Gasteiger partial charge in [-0.15, -0.1) is 0 Å². The number of esters is 1. The summed E-state index contributed by atoms with van der Waals surface area (Å²) in [6.45, 7) is 5.67. The van der Waals surface area contributed by atoms with E-state index in [1.54, 1.807) is 6.08 Å². The average Bonchev–Trinajstić information content (AvgIpc) is 3.33. The van der Waals surface area contributed by atoms with Gasteiger partial charge in [0.15, 0.2) is 12.4 Å². The van der Waals surface area contributed by atoms with Gasteiger partial charge in [0.25, 0.3) is 0 Å². The van der Waals surface area contributed by atoms with Crippen LogP contribution in [0.5, 0.6) is 0 Å². The first kappa shape index (κ1) is 63.4. The van der Waals surface area contributed by atoms with E-state index in [0.717, 1.165) is 96.3 Å². The fraction of sp³-hybridized carbons (Fsp3) is 0.789. The minimum absolute atomic E-state index is 0.0956. The van der Waals surface area contributed by atoms with Crippen molar-refractivity contribution in [3.05, 3.63) is 60.8 Å². The summed E-state index contributed by atoms with van der Waals surface area (Å²) in [6, 6.07) is -1.03. The lowest BCUT2D eigenvalue weighted by Crippen LogP contribution is -2.61. The van der Waals surface area contributed by atoms with Crippen LogP contribution in [0.1, 0.15) is 226 Å². The summed E-state index contributed by atoms with van der Waals surface area (Å²) in [6.07, 6.45) is 44.1. The Labute approximate surface area is 414 Å². The second-order valence-electron chi connectivity index (χ2n) is 19.0. The number of allylic oxidation sites excluding steroid dienone is 9. The molecule has 1 fully saturated rings. The summed E-state index contributed by atoms with van der Waals surface area (Å²) in [5.41, 5.74) is 0. The van der Waals surface area contributed by atoms with Gasteiger partial charge >= 0.3 is 5.97 Å². The Kier molecular flexibility index (Phi) is 42.4. The Bertz CT molecular complexity index is 1330. The standard InChI is InChI=1S/C57H101NO10/c1-4-7-10-13-16-19-22-24-25-26-27-28-30-33-36-39-42-45-52(62)68-55-54(64)53(63)51(46-59)67-57(55)66-47-48(49(60)43-40-37-34-32-29-23-20-17-14-11-8-5-2)58-56(65)50(61)44-41-38-35-31-21-18-15-12-9-6-3/h15-16,18-19,24-25,27-28,40,43,48-51,53-55,57,59-61,63-64H,4-14,17,20-23,26,29-39,41-42,44-47H2,1-3H3,(H,58,65)/b18-15-,19-16-,25-24-,28-27-,43-40+. The van der Waals surface area contributed by atoms with Crippen molar-refractivity contribution in [2.75, 3.05) is 13.2 Å². The highest BCUT2D eigenvalue weighted by Gasteiger charge is 2.47. The third-order valence-corrected chi connectivity index (χ3v) is 12.6. The molecule has 394 valence electrons. The molecule has 11 heteroatoms. The Morgan fingerprint density at radius 2 is 1.03 bits per heavy atom. The molecule has 8 unspecified atom stereocenters. The van der Waals surface area contributed by atoms with Gasteiger partial charge in [0.2, 0.25) is 5.91 Å². The molecule has 0 spiro atoms. The summed E-state index contributed by atoms with van der Waals surface area (Å²) in [4.78, 5) is 26.4. The molecule has 68 heavy (non-hydrogen) atoms. The normalized spacial score (nSPS) is 20.4. The molecule has 11 nitrogen and oxygen atoms in total. The van der Waals surface area contributed by atoms with Crippen molar-refractivity contribution in [1.82, 2.24) is 5.32 Å². The second-order valence-corrected chi connectivity index (χ2v) is 19.0. The van der Waals surface area contributed by atoms with Gasteiger partial charge in [-0.2, -0.15) is 0 Å². The van der Waals surface area contributed by atoms with Crippen LogP contribution in [0.15, 0.2) is 60.8 Å². The number of carbonyl (C=O) groups is 2. The zero-order chi connectivity index (χ0) is 49.7. The first-order valence-electron chi connectivity index (χ1n) is 27.6. The van der Waals surface area contributed by atoms with E-state index in [0.29, 0.717) is 12.8 Å². The number of hydrogen-bond acceptors (Lipinski definition) is 10. The van der Waals surface area contributed by atoms with Crippen LogP contribution in [0.4, 0.5) is 0 Å². The number of ether oxygens (including phenoxy) is 3. The molecule has 0 aromatic rings. The first-order valence-corrected chi connectivity index (χ1v) is 27.6. The van der Waals surface area contributed by atoms with Crippen LogP contribution in [0, 0.1) is 0 Å². The molecule has 0 radical (unpaired) electrons. The molecule has 1 amide bonds. The van der Waals surface area contributed by atoms with E-state index in [-0.39, 0.29) is 19.4 Å². The molecule has 6 N–H and O–H groups in total. The molecular weight excluding hydrogens is 859 g/mol. The van der Waals surface area contributed by atoms with Crippen LogP contribution in [-0.2, 0) is 23.8 Å². The molecule has 1 saturated heterocycles. The van der Waals surface area contributed by atoms with Gasteiger partial charge < -0.3 is 45.1 Å². The second kappa shape index (κ2) is 45.5. The van der Waals surface area contributed by atoms with Gasteiger partial charge in [0, 0.05) is 6.42 Å². The van der Waals surface area contributed by atoms with E-state index in [4.69, 9.17) is 14.2 Å². The highest BCUT2D eigenvalue weighted by atomic mass is 16.7. The van der Waals surface area contributed by atoms with Crippen LogP contribution in [0.3, 0.4) is 0 Å². The molecular formula is C57H101NO10. The van der Waals surface area contributed by atoms with Gasteiger partial charge in [0.1, 0.15) is 24.4 Å². The predicted octanol–water partition coefficient (Wildman–Crippen LogP) is 11.9. The van der Waals surface area contributed by atoms with E-state index in [2.05, 4.69) is 74.7 Å². The Balaban J connectivity index is 2.76. The van der Waals surface area contributed by atoms with Crippen molar-refractivity contribution in [3.8, 4) is 0 Å². The molecule has 1 heterocycles. The van der Waals surface area contributed by atoms with E-state index in [1.807, 2.05) is 6.08 Å². The number of amides is 1. The predicted molar refractivity (Wildman–Crippen MR) is 278 cm³/mol. The van der Waals surface area contributed by atoms with Crippen molar-refractivity contribution in [3.63, 3.8) is 0 Å². The quantitative estimate of drug-likeness (QED) is 0.0196. The largest absolute Gasteiger partial charge is 0.454 e. The van der Waals surface area contributed by atoms with E-state index < -0.39 is 67.4 Å². The highest BCUT2D eigenvalue weighted by molar-refractivity contribution is 5.80. The maximum atomic E-state index is 13.3. The first-order chi connectivity index (χ1) is 33.2. The van der Waals surface area contributed by atoms with E-state index >= 15 is 0 Å². The SMILES string of the molecule is CCCC/C=C\CCCCCCC(O)C(=O)NC(COC1OC(CO)C(O)C(O)C1OC(=O)CCCCCC/C=C\C/C=C\C/C=C\CCCCC)C(O)/C=C/CCCCCCCCCCCC. The van der Waals surface area contributed by atoms with Crippen LogP contribution >= 0.6 is 0 Å². The van der Waals surface area contributed by atoms with Crippen molar-refractivity contribution in [2.45, 2.75) is 275 Å². The van der Waals surface area contributed by atoms with Crippen LogP contribution in [0.25, 0.3) is 0 Å². The van der Waals surface area contributed by atoms with Gasteiger partial charge in [0.05, 0.1) is 25.4 Å². The van der Waals surface area contributed by atoms with Crippen molar-refractivity contribution < 1.29 is 49.3 Å². The number of carbonyl (C=O) groups excluding carboxylic acids is 2. The van der Waals surface area contributed by atoms with Gasteiger partial charge in [-0.25, -0.2) is 0 Å². The zero-order valence-corrected chi connectivity index (χ0v) is 43.2.